The van der Waals surface area contributed by atoms with Crippen LogP contribution in [0.4, 0.5) is 10.5 Å². The second-order valence-corrected chi connectivity index (χ2v) is 4.96. The van der Waals surface area contributed by atoms with E-state index < -0.39 is 12.1 Å². The number of methoxy groups -OCH3 is 1. The summed E-state index contributed by atoms with van der Waals surface area (Å²) in [6.07, 6.45) is -0.794. The van der Waals surface area contributed by atoms with Crippen molar-refractivity contribution in [1.82, 2.24) is 0 Å². The van der Waals surface area contributed by atoms with Crippen LogP contribution in [0.25, 0.3) is 0 Å². The van der Waals surface area contributed by atoms with E-state index in [-0.39, 0.29) is 28.6 Å². The van der Waals surface area contributed by atoms with Crippen LogP contribution in [0.5, 0.6) is 5.75 Å². The molecule has 2 aromatic rings. The number of carbonyl (C=O) groups is 2. The molecule has 0 aliphatic heterocycles. The molecule has 6 nitrogen and oxygen atoms in total. The van der Waals surface area contributed by atoms with Gasteiger partial charge in [-0.2, -0.15) is 0 Å². The van der Waals surface area contributed by atoms with Crippen LogP contribution in [0, 0.1) is 0 Å². The third-order valence-electron chi connectivity index (χ3n) is 2.96. The summed E-state index contributed by atoms with van der Waals surface area (Å²) < 4.78 is 10.1. The van der Waals surface area contributed by atoms with Gasteiger partial charge in [0.25, 0.3) is 0 Å². The average Bonchev–Trinajstić information content (AvgIpc) is 2.54. The minimum atomic E-state index is -1.25. The minimum Gasteiger partial charge on any atom is -0.494 e. The molecule has 120 valence electrons. The van der Waals surface area contributed by atoms with Crippen molar-refractivity contribution < 1.29 is 24.2 Å². The topological polar surface area (TPSA) is 84.9 Å². The number of halogens is 1. The van der Waals surface area contributed by atoms with E-state index in [0.717, 1.165) is 5.56 Å². The Labute approximate surface area is 137 Å². The molecule has 0 fully saturated rings. The zero-order chi connectivity index (χ0) is 16.8. The maximum Gasteiger partial charge on any atom is 0.412 e. The van der Waals surface area contributed by atoms with Gasteiger partial charge in [0.15, 0.2) is 0 Å². The number of rotatable bonds is 5. The zero-order valence-corrected chi connectivity index (χ0v) is 13.0. The summed E-state index contributed by atoms with van der Waals surface area (Å²) in [5, 5.41) is 11.8. The summed E-state index contributed by atoms with van der Waals surface area (Å²) in [5.41, 5.74) is 0.609. The molecule has 2 N–H and O–H groups in total. The molecule has 0 unspecified atom stereocenters. The van der Waals surface area contributed by atoms with Crippen LogP contribution in [0.15, 0.2) is 42.5 Å². The summed E-state index contributed by atoms with van der Waals surface area (Å²) in [4.78, 5) is 23.2. The molecule has 0 heterocycles. The Morgan fingerprint density at radius 2 is 1.91 bits per heavy atom. The smallest absolute Gasteiger partial charge is 0.412 e. The molecule has 23 heavy (non-hydrogen) atoms. The van der Waals surface area contributed by atoms with Crippen molar-refractivity contribution in [3.63, 3.8) is 0 Å². The molecule has 2 aromatic carbocycles. The maximum absolute atomic E-state index is 11.9. The fraction of sp³-hybridized carbons (Fsp3) is 0.125. The molecule has 0 spiro atoms. The number of hydrogen-bond donors (Lipinski definition) is 2. The van der Waals surface area contributed by atoms with Crippen LogP contribution in [-0.4, -0.2) is 24.3 Å². The quantitative estimate of drug-likeness (QED) is 0.868. The van der Waals surface area contributed by atoms with Crippen LogP contribution in [0.2, 0.25) is 5.02 Å². The van der Waals surface area contributed by atoms with E-state index in [1.165, 1.54) is 19.2 Å². The lowest BCUT2D eigenvalue weighted by molar-refractivity contribution is 0.0697. The number of carboxylic acids is 1. The summed E-state index contributed by atoms with van der Waals surface area (Å²) in [6, 6.07) is 11.7. The highest BCUT2D eigenvalue weighted by Gasteiger charge is 2.19. The molecule has 0 aromatic heterocycles. The first-order chi connectivity index (χ1) is 11.0. The van der Waals surface area contributed by atoms with Gasteiger partial charge in [-0.25, -0.2) is 9.59 Å². The van der Waals surface area contributed by atoms with E-state index in [1.54, 1.807) is 12.1 Å². The first-order valence-electron chi connectivity index (χ1n) is 6.59. The Bertz CT molecular complexity index is 718. The highest BCUT2D eigenvalue weighted by Crippen LogP contribution is 2.32. The fourth-order valence-electron chi connectivity index (χ4n) is 1.90. The Morgan fingerprint density at radius 3 is 2.52 bits per heavy atom. The SMILES string of the molecule is COc1cc(Cl)cc(C(=O)O)c1NC(=O)OCc1ccccc1. The summed E-state index contributed by atoms with van der Waals surface area (Å²) in [6.45, 7) is 0.0605. The summed E-state index contributed by atoms with van der Waals surface area (Å²) in [7, 11) is 1.35. The number of ether oxygens (including phenoxy) is 2. The van der Waals surface area contributed by atoms with E-state index in [1.807, 2.05) is 18.2 Å². The minimum absolute atomic E-state index is 0.0116. The molecule has 7 heteroatoms. The monoisotopic (exact) mass is 335 g/mol. The second-order valence-electron chi connectivity index (χ2n) is 4.52. The molecule has 0 saturated heterocycles. The first kappa shape index (κ1) is 16.6. The molecule has 2 rings (SSSR count). The third kappa shape index (κ3) is 4.37. The lowest BCUT2D eigenvalue weighted by Gasteiger charge is -2.13. The maximum atomic E-state index is 11.9. The standard InChI is InChI=1S/C16H14ClNO5/c1-22-13-8-11(17)7-12(15(19)20)14(13)18-16(21)23-9-10-5-3-2-4-6-10/h2-8H,9H2,1H3,(H,18,21)(H,19,20). The molecule has 0 aliphatic carbocycles. The molecular weight excluding hydrogens is 322 g/mol. The normalized spacial score (nSPS) is 10.0. The molecule has 0 bridgehead atoms. The van der Waals surface area contributed by atoms with Crippen molar-refractivity contribution in [2.75, 3.05) is 12.4 Å². The van der Waals surface area contributed by atoms with Gasteiger partial charge in [0.1, 0.15) is 18.0 Å². The van der Waals surface area contributed by atoms with Crippen molar-refractivity contribution in [3.05, 3.63) is 58.6 Å². The summed E-state index contributed by atoms with van der Waals surface area (Å²) >= 11 is 5.84. The molecule has 1 amide bonds. The van der Waals surface area contributed by atoms with Crippen molar-refractivity contribution in [3.8, 4) is 5.75 Å². The number of hydrogen-bond acceptors (Lipinski definition) is 4. The van der Waals surface area contributed by atoms with Gasteiger partial charge in [0.05, 0.1) is 12.7 Å². The Morgan fingerprint density at radius 1 is 1.22 bits per heavy atom. The van der Waals surface area contributed by atoms with Crippen molar-refractivity contribution in [2.24, 2.45) is 0 Å². The van der Waals surface area contributed by atoms with Crippen molar-refractivity contribution >= 4 is 29.4 Å². The number of aromatic carboxylic acids is 1. The number of nitrogens with one attached hydrogen (secondary N) is 1. The second kappa shape index (κ2) is 7.51. The number of carboxylic acid groups (broad SMARTS) is 1. The van der Waals surface area contributed by atoms with Crippen LogP contribution < -0.4 is 10.1 Å². The number of anilines is 1. The lowest BCUT2D eigenvalue weighted by atomic mass is 10.1. The van der Waals surface area contributed by atoms with Gasteiger partial charge in [-0.3, -0.25) is 5.32 Å². The van der Waals surface area contributed by atoms with Gasteiger partial charge in [0, 0.05) is 11.1 Å². The number of carbonyl (C=O) groups excluding carboxylic acids is 1. The van der Waals surface area contributed by atoms with Gasteiger partial charge in [-0.05, 0) is 11.6 Å². The predicted molar refractivity (Wildman–Crippen MR) is 85.2 cm³/mol. The third-order valence-corrected chi connectivity index (χ3v) is 3.18. The van der Waals surface area contributed by atoms with E-state index in [4.69, 9.17) is 21.1 Å². The molecule has 0 saturated carbocycles. The number of benzene rings is 2. The van der Waals surface area contributed by atoms with Gasteiger partial charge in [-0.15, -0.1) is 0 Å². The highest BCUT2D eigenvalue weighted by atomic mass is 35.5. The lowest BCUT2D eigenvalue weighted by Crippen LogP contribution is -2.17. The van der Waals surface area contributed by atoms with Gasteiger partial charge >= 0.3 is 12.1 Å². The Kier molecular flexibility index (Phi) is 5.43. The number of amides is 1. The predicted octanol–water partition coefficient (Wildman–Crippen LogP) is 3.80. The van der Waals surface area contributed by atoms with E-state index >= 15 is 0 Å². The van der Waals surface area contributed by atoms with Crippen LogP contribution in [0.1, 0.15) is 15.9 Å². The van der Waals surface area contributed by atoms with Crippen LogP contribution >= 0.6 is 11.6 Å². The van der Waals surface area contributed by atoms with Crippen molar-refractivity contribution in [2.45, 2.75) is 6.61 Å². The van der Waals surface area contributed by atoms with E-state index in [9.17, 15) is 14.7 Å². The highest BCUT2D eigenvalue weighted by molar-refractivity contribution is 6.31. The summed E-state index contributed by atoms with van der Waals surface area (Å²) in [5.74, 6) is -1.12. The molecular formula is C16H14ClNO5. The van der Waals surface area contributed by atoms with Gasteiger partial charge < -0.3 is 14.6 Å². The molecule has 0 atom stereocenters. The van der Waals surface area contributed by atoms with Crippen LogP contribution in [0.3, 0.4) is 0 Å². The van der Waals surface area contributed by atoms with E-state index in [2.05, 4.69) is 5.32 Å². The van der Waals surface area contributed by atoms with Gasteiger partial charge in [-0.1, -0.05) is 41.9 Å². The molecule has 0 radical (unpaired) electrons. The molecule has 0 aliphatic rings. The van der Waals surface area contributed by atoms with Crippen molar-refractivity contribution in [1.29, 1.82) is 0 Å². The van der Waals surface area contributed by atoms with Crippen LogP contribution in [-0.2, 0) is 11.3 Å². The first-order valence-corrected chi connectivity index (χ1v) is 6.97. The van der Waals surface area contributed by atoms with E-state index in [0.29, 0.717) is 0 Å². The average molecular weight is 336 g/mol. The fourth-order valence-corrected chi connectivity index (χ4v) is 2.11. The Hall–Kier alpha value is -2.73. The zero-order valence-electron chi connectivity index (χ0n) is 12.2. The van der Waals surface area contributed by atoms with Gasteiger partial charge in [0.2, 0.25) is 0 Å². The largest absolute Gasteiger partial charge is 0.494 e. The Balaban J connectivity index is 2.15.